The fourth-order valence-corrected chi connectivity index (χ4v) is 3.57. The van der Waals surface area contributed by atoms with Gasteiger partial charge in [0.2, 0.25) is 0 Å². The number of H-pyrrole nitrogens is 1. The number of nitrogens with one attached hydrogen (secondary N) is 1. The Bertz CT molecular complexity index is 1200. The van der Waals surface area contributed by atoms with E-state index in [1.165, 1.54) is 12.0 Å². The number of aromatic amines is 1. The number of nitrogens with zero attached hydrogens (tertiary/aromatic N) is 5. The van der Waals surface area contributed by atoms with Crippen molar-refractivity contribution in [3.8, 4) is 28.7 Å². The molecular weight excluding hydrogens is 364 g/mol. The van der Waals surface area contributed by atoms with Gasteiger partial charge in [0.15, 0.2) is 5.65 Å². The second kappa shape index (κ2) is 7.34. The van der Waals surface area contributed by atoms with Gasteiger partial charge < -0.3 is 14.6 Å². The Morgan fingerprint density at radius 2 is 1.83 bits per heavy atom. The third-order valence-corrected chi connectivity index (χ3v) is 5.07. The topological polar surface area (TPSA) is 90.7 Å². The number of ether oxygens (including phenoxy) is 1. The molecule has 7 nitrogen and oxygen atoms in total. The first kappa shape index (κ1) is 17.3. The molecule has 0 aliphatic carbocycles. The second-order valence-electron chi connectivity index (χ2n) is 6.85. The molecule has 1 N–H and O–H groups in total. The van der Waals surface area contributed by atoms with Crippen LogP contribution >= 0.6 is 0 Å². The average molecular weight is 382 g/mol. The van der Waals surface area contributed by atoms with E-state index in [1.807, 2.05) is 18.2 Å². The molecule has 1 saturated heterocycles. The molecule has 2 aromatic heterocycles. The molecule has 29 heavy (non-hydrogen) atoms. The molecule has 0 amide bonds. The maximum absolute atomic E-state index is 9.18. The van der Waals surface area contributed by atoms with Crippen LogP contribution in [-0.4, -0.2) is 46.2 Å². The van der Waals surface area contributed by atoms with E-state index < -0.39 is 0 Å². The van der Waals surface area contributed by atoms with Crippen molar-refractivity contribution in [3.05, 3.63) is 60.4 Å². The quantitative estimate of drug-likeness (QED) is 0.584. The third kappa shape index (κ3) is 3.30. The van der Waals surface area contributed by atoms with Crippen molar-refractivity contribution in [2.75, 3.05) is 31.2 Å². The number of nitriles is 1. The number of rotatable bonds is 3. The molecule has 1 fully saturated rings. The van der Waals surface area contributed by atoms with E-state index in [9.17, 15) is 5.26 Å². The van der Waals surface area contributed by atoms with Crippen molar-refractivity contribution in [1.82, 2.24) is 19.9 Å². The zero-order chi connectivity index (χ0) is 19.6. The SMILES string of the molecule is N#Cc1cccc(-c2ncnc3nc(-c4ccc(N5CCOCC5)cc4)[nH]c23)c1. The Morgan fingerprint density at radius 1 is 1.00 bits per heavy atom. The van der Waals surface area contributed by atoms with Crippen molar-refractivity contribution < 1.29 is 4.74 Å². The van der Waals surface area contributed by atoms with Gasteiger partial charge in [0.05, 0.1) is 30.5 Å². The summed E-state index contributed by atoms with van der Waals surface area (Å²) in [6.07, 6.45) is 1.50. The molecular formula is C22H18N6O. The van der Waals surface area contributed by atoms with Crippen LogP contribution < -0.4 is 4.90 Å². The minimum atomic E-state index is 0.590. The largest absolute Gasteiger partial charge is 0.378 e. The lowest BCUT2D eigenvalue weighted by Gasteiger charge is -2.28. The Kier molecular flexibility index (Phi) is 4.39. The van der Waals surface area contributed by atoms with E-state index in [-0.39, 0.29) is 0 Å². The van der Waals surface area contributed by atoms with Crippen LogP contribution in [0.1, 0.15) is 5.56 Å². The number of hydrogen-bond donors (Lipinski definition) is 1. The summed E-state index contributed by atoms with van der Waals surface area (Å²) in [7, 11) is 0. The van der Waals surface area contributed by atoms with Crippen LogP contribution in [0.25, 0.3) is 33.8 Å². The van der Waals surface area contributed by atoms with Gasteiger partial charge in [0.25, 0.3) is 0 Å². The lowest BCUT2D eigenvalue weighted by Crippen LogP contribution is -2.36. The Labute approximate surface area is 167 Å². The Balaban J connectivity index is 1.51. The molecule has 5 rings (SSSR count). The number of benzene rings is 2. The molecule has 4 aromatic rings. The van der Waals surface area contributed by atoms with Crippen LogP contribution in [0.4, 0.5) is 5.69 Å². The van der Waals surface area contributed by atoms with Gasteiger partial charge in [-0.25, -0.2) is 15.0 Å². The molecule has 0 radical (unpaired) electrons. The van der Waals surface area contributed by atoms with Crippen LogP contribution in [0.5, 0.6) is 0 Å². The molecule has 0 spiro atoms. The average Bonchev–Trinajstić information content (AvgIpc) is 3.24. The molecule has 1 aliphatic heterocycles. The van der Waals surface area contributed by atoms with Gasteiger partial charge in [0, 0.05) is 29.9 Å². The van der Waals surface area contributed by atoms with E-state index in [4.69, 9.17) is 4.74 Å². The molecule has 0 bridgehead atoms. The summed E-state index contributed by atoms with van der Waals surface area (Å²) >= 11 is 0. The van der Waals surface area contributed by atoms with E-state index in [2.05, 4.69) is 55.2 Å². The minimum Gasteiger partial charge on any atom is -0.378 e. The zero-order valence-corrected chi connectivity index (χ0v) is 15.7. The number of anilines is 1. The second-order valence-corrected chi connectivity index (χ2v) is 6.85. The summed E-state index contributed by atoms with van der Waals surface area (Å²) in [4.78, 5) is 19.1. The van der Waals surface area contributed by atoms with Crippen molar-refractivity contribution in [2.24, 2.45) is 0 Å². The molecule has 0 unspecified atom stereocenters. The standard InChI is InChI=1S/C22H18N6O/c23-13-15-2-1-3-17(12-15)19-20-22(25-14-24-19)27-21(26-20)16-4-6-18(7-5-16)28-8-10-29-11-9-28/h1-7,12,14H,8-11H2,(H,24,25,26,27). The summed E-state index contributed by atoms with van der Waals surface area (Å²) in [6.45, 7) is 3.34. The number of hydrogen-bond acceptors (Lipinski definition) is 6. The van der Waals surface area contributed by atoms with Crippen LogP contribution in [0, 0.1) is 11.3 Å². The summed E-state index contributed by atoms with van der Waals surface area (Å²) in [5, 5.41) is 9.18. The summed E-state index contributed by atoms with van der Waals surface area (Å²) < 4.78 is 5.42. The van der Waals surface area contributed by atoms with E-state index in [0.29, 0.717) is 11.2 Å². The highest BCUT2D eigenvalue weighted by Gasteiger charge is 2.14. The highest BCUT2D eigenvalue weighted by molar-refractivity contribution is 5.89. The molecule has 0 saturated carbocycles. The lowest BCUT2D eigenvalue weighted by molar-refractivity contribution is 0.122. The first-order valence-corrected chi connectivity index (χ1v) is 9.46. The van der Waals surface area contributed by atoms with Crippen molar-refractivity contribution in [2.45, 2.75) is 0 Å². The lowest BCUT2D eigenvalue weighted by atomic mass is 10.1. The summed E-state index contributed by atoms with van der Waals surface area (Å²) in [5.41, 5.74) is 5.70. The normalized spacial score (nSPS) is 14.1. The van der Waals surface area contributed by atoms with Gasteiger partial charge in [-0.2, -0.15) is 5.26 Å². The van der Waals surface area contributed by atoms with Crippen LogP contribution in [0.3, 0.4) is 0 Å². The molecule has 1 aliphatic rings. The predicted octanol–water partition coefficient (Wildman–Crippen LogP) is 3.40. The highest BCUT2D eigenvalue weighted by atomic mass is 16.5. The first-order valence-electron chi connectivity index (χ1n) is 9.46. The molecule has 142 valence electrons. The van der Waals surface area contributed by atoms with E-state index >= 15 is 0 Å². The number of morpholine rings is 1. The fourth-order valence-electron chi connectivity index (χ4n) is 3.57. The zero-order valence-electron chi connectivity index (χ0n) is 15.7. The van der Waals surface area contributed by atoms with Crippen LogP contribution in [0.15, 0.2) is 54.9 Å². The number of fused-ring (bicyclic) bond motifs is 1. The van der Waals surface area contributed by atoms with Gasteiger partial charge in [-0.05, 0) is 36.4 Å². The maximum atomic E-state index is 9.18. The molecule has 3 heterocycles. The number of aromatic nitrogens is 4. The van der Waals surface area contributed by atoms with Crippen molar-refractivity contribution in [1.29, 1.82) is 5.26 Å². The van der Waals surface area contributed by atoms with E-state index in [0.717, 1.165) is 54.5 Å². The predicted molar refractivity (Wildman–Crippen MR) is 110 cm³/mol. The van der Waals surface area contributed by atoms with Crippen LogP contribution in [-0.2, 0) is 4.74 Å². The first-order chi connectivity index (χ1) is 14.3. The highest BCUT2D eigenvalue weighted by Crippen LogP contribution is 2.28. The van der Waals surface area contributed by atoms with Crippen molar-refractivity contribution in [3.63, 3.8) is 0 Å². The summed E-state index contributed by atoms with van der Waals surface area (Å²) in [6, 6.07) is 17.9. The van der Waals surface area contributed by atoms with Crippen LogP contribution in [0.2, 0.25) is 0 Å². The third-order valence-electron chi connectivity index (χ3n) is 5.07. The molecule has 0 atom stereocenters. The van der Waals surface area contributed by atoms with Gasteiger partial charge in [-0.3, -0.25) is 0 Å². The monoisotopic (exact) mass is 382 g/mol. The fraction of sp³-hybridized carbons (Fsp3) is 0.182. The van der Waals surface area contributed by atoms with Gasteiger partial charge in [0.1, 0.15) is 17.7 Å². The van der Waals surface area contributed by atoms with Gasteiger partial charge in [-0.1, -0.05) is 12.1 Å². The minimum absolute atomic E-state index is 0.590. The Morgan fingerprint density at radius 3 is 2.62 bits per heavy atom. The van der Waals surface area contributed by atoms with Gasteiger partial charge >= 0.3 is 0 Å². The number of imidazole rings is 1. The summed E-state index contributed by atoms with van der Waals surface area (Å²) in [5.74, 6) is 0.742. The Hall–Kier alpha value is -3.76. The maximum Gasteiger partial charge on any atom is 0.181 e. The molecule has 7 heteroatoms. The smallest absolute Gasteiger partial charge is 0.181 e. The van der Waals surface area contributed by atoms with E-state index in [1.54, 1.807) is 6.07 Å². The molecule has 2 aromatic carbocycles. The van der Waals surface area contributed by atoms with Crippen molar-refractivity contribution >= 4 is 16.9 Å². The van der Waals surface area contributed by atoms with Gasteiger partial charge in [-0.15, -0.1) is 0 Å².